The number of carbonyl (C=O) groups excluding carboxylic acids is 1. The Morgan fingerprint density at radius 3 is 2.37 bits per heavy atom. The minimum atomic E-state index is -0.536. The molecular formula is C24H27N3O3. The maximum Gasteiger partial charge on any atom is 0.328 e. The first-order chi connectivity index (χ1) is 14.5. The number of hydrogen-bond donors (Lipinski definition) is 2. The Hall–Kier alpha value is -3.38. The number of benzene rings is 2. The van der Waals surface area contributed by atoms with E-state index in [-0.39, 0.29) is 18.6 Å². The molecule has 0 spiro atoms. The number of pyridine rings is 1. The van der Waals surface area contributed by atoms with Crippen molar-refractivity contribution in [1.82, 2.24) is 10.3 Å². The number of aliphatic hydroxyl groups excluding tert-OH is 1. The summed E-state index contributed by atoms with van der Waals surface area (Å²) in [6, 6.07) is 19.5. The Balaban J connectivity index is 2.01. The highest BCUT2D eigenvalue weighted by Gasteiger charge is 2.25. The number of urea groups is 1. The number of amides is 2. The minimum Gasteiger partial charge on any atom is -0.497 e. The van der Waals surface area contributed by atoms with E-state index in [0.717, 1.165) is 11.1 Å². The Morgan fingerprint density at radius 1 is 1.07 bits per heavy atom. The summed E-state index contributed by atoms with van der Waals surface area (Å²) in [5.74, 6) is 1.42. The van der Waals surface area contributed by atoms with Gasteiger partial charge in [-0.05, 0) is 47.4 Å². The van der Waals surface area contributed by atoms with E-state index in [1.165, 1.54) is 0 Å². The predicted octanol–water partition coefficient (Wildman–Crippen LogP) is 4.79. The van der Waals surface area contributed by atoms with E-state index >= 15 is 0 Å². The van der Waals surface area contributed by atoms with E-state index in [2.05, 4.69) is 24.1 Å². The zero-order valence-electron chi connectivity index (χ0n) is 17.4. The van der Waals surface area contributed by atoms with Crippen LogP contribution in [-0.4, -0.2) is 29.8 Å². The molecule has 156 valence electrons. The molecule has 2 amide bonds. The number of carbonyl (C=O) groups is 1. The second-order valence-corrected chi connectivity index (χ2v) is 7.20. The lowest BCUT2D eigenvalue weighted by Gasteiger charge is -2.28. The highest BCUT2D eigenvalue weighted by Crippen LogP contribution is 2.32. The highest BCUT2D eigenvalue weighted by molar-refractivity contribution is 5.99. The molecule has 6 nitrogen and oxygen atoms in total. The van der Waals surface area contributed by atoms with Crippen LogP contribution in [0, 0.1) is 0 Å². The minimum absolute atomic E-state index is 0.171. The topological polar surface area (TPSA) is 74.7 Å². The van der Waals surface area contributed by atoms with Gasteiger partial charge in [-0.25, -0.2) is 14.7 Å². The summed E-state index contributed by atoms with van der Waals surface area (Å²) in [7, 11) is 1.60. The summed E-state index contributed by atoms with van der Waals surface area (Å²) in [5.41, 5.74) is 2.43. The lowest BCUT2D eigenvalue weighted by atomic mass is 10.0. The van der Waals surface area contributed by atoms with Crippen molar-refractivity contribution < 1.29 is 14.6 Å². The zero-order valence-corrected chi connectivity index (χ0v) is 17.4. The van der Waals surface area contributed by atoms with E-state index in [1.807, 2.05) is 54.6 Å². The van der Waals surface area contributed by atoms with Crippen LogP contribution in [0.15, 0.2) is 72.9 Å². The maximum atomic E-state index is 13.4. The van der Waals surface area contributed by atoms with E-state index in [4.69, 9.17) is 4.74 Å². The summed E-state index contributed by atoms with van der Waals surface area (Å²) in [5, 5.41) is 12.8. The number of rotatable bonds is 7. The molecule has 0 bridgehead atoms. The molecule has 0 saturated carbocycles. The van der Waals surface area contributed by atoms with Gasteiger partial charge in [0.15, 0.2) is 0 Å². The summed E-state index contributed by atoms with van der Waals surface area (Å²) in [6.45, 7) is 3.90. The second kappa shape index (κ2) is 9.89. The van der Waals surface area contributed by atoms with E-state index in [0.29, 0.717) is 17.3 Å². The quantitative estimate of drug-likeness (QED) is 0.592. The van der Waals surface area contributed by atoms with Crippen LogP contribution in [0.4, 0.5) is 16.3 Å². The van der Waals surface area contributed by atoms with Crippen LogP contribution >= 0.6 is 0 Å². The van der Waals surface area contributed by atoms with Crippen LogP contribution in [0.25, 0.3) is 0 Å². The molecular weight excluding hydrogens is 378 g/mol. The Bertz CT molecular complexity index is 959. The van der Waals surface area contributed by atoms with E-state index in [1.54, 1.807) is 30.3 Å². The Labute approximate surface area is 177 Å². The average molecular weight is 405 g/mol. The first kappa shape index (κ1) is 21.3. The molecule has 1 unspecified atom stereocenters. The molecule has 2 aromatic carbocycles. The molecule has 1 heterocycles. The molecule has 0 aliphatic heterocycles. The van der Waals surface area contributed by atoms with Crippen molar-refractivity contribution in [2.75, 3.05) is 18.6 Å². The van der Waals surface area contributed by atoms with Crippen LogP contribution in [0.2, 0.25) is 0 Å². The Kier molecular flexibility index (Phi) is 7.03. The van der Waals surface area contributed by atoms with Gasteiger partial charge in [-0.2, -0.15) is 0 Å². The van der Waals surface area contributed by atoms with Gasteiger partial charge in [0.25, 0.3) is 0 Å². The SMILES string of the molecule is COc1ccc(N(C(=O)NC(CO)c2ccccc2)c2ncccc2C(C)C)cc1. The Morgan fingerprint density at radius 2 is 1.77 bits per heavy atom. The fourth-order valence-electron chi connectivity index (χ4n) is 3.25. The molecule has 1 aromatic heterocycles. The van der Waals surface area contributed by atoms with Gasteiger partial charge in [-0.3, -0.25) is 0 Å². The lowest BCUT2D eigenvalue weighted by Crippen LogP contribution is -2.41. The fraction of sp³-hybridized carbons (Fsp3) is 0.250. The molecule has 2 N–H and O–H groups in total. The third-order valence-corrected chi connectivity index (χ3v) is 4.87. The molecule has 0 aliphatic rings. The molecule has 0 fully saturated rings. The highest BCUT2D eigenvalue weighted by atomic mass is 16.5. The van der Waals surface area contributed by atoms with Crippen molar-refractivity contribution in [2.24, 2.45) is 0 Å². The van der Waals surface area contributed by atoms with Crippen molar-refractivity contribution in [1.29, 1.82) is 0 Å². The molecule has 30 heavy (non-hydrogen) atoms. The second-order valence-electron chi connectivity index (χ2n) is 7.20. The van der Waals surface area contributed by atoms with Crippen molar-refractivity contribution in [3.8, 4) is 5.75 Å². The third kappa shape index (κ3) is 4.78. The van der Waals surface area contributed by atoms with E-state index < -0.39 is 6.04 Å². The van der Waals surface area contributed by atoms with Crippen molar-refractivity contribution >= 4 is 17.5 Å². The molecule has 1 atom stereocenters. The average Bonchev–Trinajstić information content (AvgIpc) is 2.79. The monoisotopic (exact) mass is 405 g/mol. The summed E-state index contributed by atoms with van der Waals surface area (Å²) in [6.07, 6.45) is 1.67. The summed E-state index contributed by atoms with van der Waals surface area (Å²) >= 11 is 0. The molecule has 3 rings (SSSR count). The van der Waals surface area contributed by atoms with Crippen LogP contribution in [0.1, 0.15) is 36.9 Å². The molecule has 3 aromatic rings. The molecule has 6 heteroatoms. The van der Waals surface area contributed by atoms with Gasteiger partial charge in [0.1, 0.15) is 11.6 Å². The number of aromatic nitrogens is 1. The van der Waals surface area contributed by atoms with Gasteiger partial charge in [-0.15, -0.1) is 0 Å². The number of hydrogen-bond acceptors (Lipinski definition) is 4. The standard InChI is InChI=1S/C24H27N3O3/c1-17(2)21-10-7-15-25-23(21)27(19-11-13-20(30-3)14-12-19)24(29)26-22(16-28)18-8-5-4-6-9-18/h4-15,17,22,28H,16H2,1-3H3,(H,26,29). The van der Waals surface area contributed by atoms with Crippen LogP contribution in [0.5, 0.6) is 5.75 Å². The van der Waals surface area contributed by atoms with Crippen molar-refractivity contribution in [2.45, 2.75) is 25.8 Å². The van der Waals surface area contributed by atoms with E-state index in [9.17, 15) is 9.90 Å². The number of aliphatic hydroxyl groups is 1. The van der Waals surface area contributed by atoms with Crippen molar-refractivity contribution in [3.05, 3.63) is 84.1 Å². The van der Waals surface area contributed by atoms with Gasteiger partial charge in [-0.1, -0.05) is 50.2 Å². The van der Waals surface area contributed by atoms with Crippen molar-refractivity contribution in [3.63, 3.8) is 0 Å². The first-order valence-corrected chi connectivity index (χ1v) is 9.90. The smallest absolute Gasteiger partial charge is 0.328 e. The largest absolute Gasteiger partial charge is 0.497 e. The number of ether oxygens (including phenoxy) is 1. The fourth-order valence-corrected chi connectivity index (χ4v) is 3.25. The molecule has 0 saturated heterocycles. The van der Waals surface area contributed by atoms with Gasteiger partial charge in [0.2, 0.25) is 0 Å². The predicted molar refractivity (Wildman–Crippen MR) is 118 cm³/mol. The molecule has 0 aliphatic carbocycles. The third-order valence-electron chi connectivity index (χ3n) is 4.87. The maximum absolute atomic E-state index is 13.4. The number of anilines is 2. The van der Waals surface area contributed by atoms with Gasteiger partial charge in [0.05, 0.1) is 25.4 Å². The number of nitrogens with zero attached hydrogens (tertiary/aromatic N) is 2. The lowest BCUT2D eigenvalue weighted by molar-refractivity contribution is 0.222. The van der Waals surface area contributed by atoms with Gasteiger partial charge in [0, 0.05) is 6.20 Å². The summed E-state index contributed by atoms with van der Waals surface area (Å²) in [4.78, 5) is 19.5. The van der Waals surface area contributed by atoms with Gasteiger partial charge >= 0.3 is 6.03 Å². The van der Waals surface area contributed by atoms with Gasteiger partial charge < -0.3 is 15.2 Å². The molecule has 0 radical (unpaired) electrons. The van der Waals surface area contributed by atoms with Crippen LogP contribution < -0.4 is 15.0 Å². The normalized spacial score (nSPS) is 11.8. The first-order valence-electron chi connectivity index (χ1n) is 9.90. The van der Waals surface area contributed by atoms with Crippen LogP contribution in [-0.2, 0) is 0 Å². The summed E-state index contributed by atoms with van der Waals surface area (Å²) < 4.78 is 5.25. The van der Waals surface area contributed by atoms with Crippen LogP contribution in [0.3, 0.4) is 0 Å². The zero-order chi connectivity index (χ0) is 21.5. The number of methoxy groups -OCH3 is 1. The number of nitrogens with one attached hydrogen (secondary N) is 1.